The largest absolute Gasteiger partial charge is 0.314 e. The Balaban J connectivity index is 2.28. The summed E-state index contributed by atoms with van der Waals surface area (Å²) in [6.07, 6.45) is 4.53. The molecule has 2 atom stereocenters. The third-order valence-electron chi connectivity index (χ3n) is 3.03. The first-order valence-electron chi connectivity index (χ1n) is 5.84. The van der Waals surface area contributed by atoms with Crippen LogP contribution in [-0.4, -0.2) is 37.1 Å². The molecule has 2 nitrogen and oxygen atoms in total. The summed E-state index contributed by atoms with van der Waals surface area (Å²) in [5.41, 5.74) is 0. The molecule has 1 aliphatic rings. The molecule has 1 rings (SSSR count). The summed E-state index contributed by atoms with van der Waals surface area (Å²) >= 11 is 0. The molecule has 0 aliphatic carbocycles. The van der Waals surface area contributed by atoms with E-state index in [0.29, 0.717) is 0 Å². The predicted octanol–water partition coefficient (Wildman–Crippen LogP) is 1.88. The molecule has 0 spiro atoms. The van der Waals surface area contributed by atoms with Crippen LogP contribution in [0.25, 0.3) is 0 Å². The van der Waals surface area contributed by atoms with Gasteiger partial charge in [0.25, 0.3) is 0 Å². The monoisotopic (exact) mass is 196 g/mol. The zero-order valence-corrected chi connectivity index (χ0v) is 9.63. The van der Waals surface area contributed by atoms with Crippen molar-refractivity contribution in [2.24, 2.45) is 5.92 Å². The van der Waals surface area contributed by atoms with Gasteiger partial charge in [0.1, 0.15) is 0 Å². The lowest BCUT2D eigenvalue weighted by molar-refractivity contribution is 0.160. The summed E-state index contributed by atoms with van der Waals surface area (Å²) in [5, 5.41) is 3.63. The van der Waals surface area contributed by atoms with Gasteiger partial charge in [-0.25, -0.2) is 0 Å². The van der Waals surface area contributed by atoms with Gasteiger partial charge >= 0.3 is 0 Å². The van der Waals surface area contributed by atoms with Crippen LogP contribution in [0.1, 0.15) is 26.7 Å². The highest BCUT2D eigenvalue weighted by Gasteiger charge is 2.24. The Morgan fingerprint density at radius 2 is 2.36 bits per heavy atom. The fourth-order valence-electron chi connectivity index (χ4n) is 2.21. The number of nitrogens with one attached hydrogen (secondary N) is 1. The molecule has 0 radical (unpaired) electrons. The van der Waals surface area contributed by atoms with Gasteiger partial charge in [-0.3, -0.25) is 4.90 Å². The summed E-state index contributed by atoms with van der Waals surface area (Å²) in [6, 6.07) is 0.732. The molecule has 1 fully saturated rings. The van der Waals surface area contributed by atoms with E-state index >= 15 is 0 Å². The minimum Gasteiger partial charge on any atom is -0.314 e. The lowest BCUT2D eigenvalue weighted by atomic mass is 9.94. The average molecular weight is 196 g/mol. The lowest BCUT2D eigenvalue weighted by Gasteiger charge is -2.36. The molecule has 2 heteroatoms. The normalized spacial score (nSPS) is 29.0. The molecular formula is C12H24N2. The van der Waals surface area contributed by atoms with Crippen LogP contribution >= 0.6 is 0 Å². The highest BCUT2D eigenvalue weighted by Crippen LogP contribution is 2.16. The van der Waals surface area contributed by atoms with Gasteiger partial charge in [-0.2, -0.15) is 0 Å². The van der Waals surface area contributed by atoms with Gasteiger partial charge in [-0.15, -0.1) is 6.58 Å². The van der Waals surface area contributed by atoms with E-state index in [-0.39, 0.29) is 0 Å². The highest BCUT2D eigenvalue weighted by atomic mass is 15.1. The van der Waals surface area contributed by atoms with Crippen molar-refractivity contribution in [1.82, 2.24) is 10.2 Å². The van der Waals surface area contributed by atoms with Crippen molar-refractivity contribution in [2.45, 2.75) is 32.7 Å². The third kappa shape index (κ3) is 3.43. The highest BCUT2D eigenvalue weighted by molar-refractivity contribution is 4.85. The first kappa shape index (κ1) is 11.7. The number of nitrogens with zero attached hydrogens (tertiary/aromatic N) is 1. The summed E-state index contributed by atoms with van der Waals surface area (Å²) < 4.78 is 0. The molecule has 0 amide bonds. The second-order valence-electron chi connectivity index (χ2n) is 4.37. The smallest absolute Gasteiger partial charge is 0.0160 e. The van der Waals surface area contributed by atoms with Crippen LogP contribution in [0.5, 0.6) is 0 Å². The van der Waals surface area contributed by atoms with Gasteiger partial charge in [0.15, 0.2) is 0 Å². The van der Waals surface area contributed by atoms with Crippen molar-refractivity contribution in [2.75, 3.05) is 26.2 Å². The van der Waals surface area contributed by atoms with Gasteiger partial charge in [-0.1, -0.05) is 19.9 Å². The van der Waals surface area contributed by atoms with Crippen LogP contribution in [0, 0.1) is 5.92 Å². The molecule has 0 bridgehead atoms. The molecule has 1 aliphatic heterocycles. The Morgan fingerprint density at radius 1 is 1.57 bits per heavy atom. The van der Waals surface area contributed by atoms with Crippen LogP contribution in [-0.2, 0) is 0 Å². The fraction of sp³-hybridized carbons (Fsp3) is 0.833. The second kappa shape index (κ2) is 6.20. The van der Waals surface area contributed by atoms with E-state index < -0.39 is 0 Å². The van der Waals surface area contributed by atoms with E-state index in [1.54, 1.807) is 0 Å². The molecule has 0 saturated carbocycles. The molecule has 1 N–H and O–H groups in total. The first-order chi connectivity index (χ1) is 6.77. The second-order valence-corrected chi connectivity index (χ2v) is 4.37. The predicted molar refractivity (Wildman–Crippen MR) is 62.5 cm³/mol. The van der Waals surface area contributed by atoms with Gasteiger partial charge in [-0.05, 0) is 31.8 Å². The maximum Gasteiger partial charge on any atom is 0.0160 e. The van der Waals surface area contributed by atoms with E-state index in [0.717, 1.165) is 25.0 Å². The topological polar surface area (TPSA) is 15.3 Å². The molecule has 14 heavy (non-hydrogen) atoms. The molecule has 2 unspecified atom stereocenters. The fourth-order valence-corrected chi connectivity index (χ4v) is 2.21. The lowest BCUT2D eigenvalue weighted by Crippen LogP contribution is -2.48. The maximum absolute atomic E-state index is 3.79. The average Bonchev–Trinajstić information content (AvgIpc) is 2.17. The Bertz CT molecular complexity index is 168. The number of hydrogen-bond donors (Lipinski definition) is 1. The summed E-state index contributed by atoms with van der Waals surface area (Å²) in [7, 11) is 0. The Hall–Kier alpha value is -0.340. The van der Waals surface area contributed by atoms with Gasteiger partial charge < -0.3 is 5.32 Å². The van der Waals surface area contributed by atoms with Crippen molar-refractivity contribution in [3.63, 3.8) is 0 Å². The summed E-state index contributed by atoms with van der Waals surface area (Å²) in [4.78, 5) is 2.49. The number of likely N-dealkylation sites (tertiary alicyclic amines) is 1. The molecule has 82 valence electrons. The summed E-state index contributed by atoms with van der Waals surface area (Å²) in [6.45, 7) is 13.0. The molecule has 0 aromatic rings. The van der Waals surface area contributed by atoms with E-state index in [4.69, 9.17) is 0 Å². The van der Waals surface area contributed by atoms with E-state index in [9.17, 15) is 0 Å². The van der Waals surface area contributed by atoms with E-state index in [2.05, 4.69) is 30.6 Å². The molecule has 0 aromatic carbocycles. The van der Waals surface area contributed by atoms with Gasteiger partial charge in [0.2, 0.25) is 0 Å². The maximum atomic E-state index is 3.79. The molecular weight excluding hydrogens is 172 g/mol. The minimum atomic E-state index is 0.732. The SMILES string of the molecule is C=CCN1CCC(NCCC)C(C)C1. The Kier molecular flexibility index (Phi) is 5.20. The molecule has 1 heterocycles. The number of hydrogen-bond acceptors (Lipinski definition) is 2. The zero-order chi connectivity index (χ0) is 10.4. The van der Waals surface area contributed by atoms with Crippen LogP contribution < -0.4 is 5.32 Å². The number of rotatable bonds is 5. The minimum absolute atomic E-state index is 0.732. The Morgan fingerprint density at radius 3 is 2.93 bits per heavy atom. The van der Waals surface area contributed by atoms with Gasteiger partial charge in [0.05, 0.1) is 0 Å². The van der Waals surface area contributed by atoms with Crippen molar-refractivity contribution in [3.8, 4) is 0 Å². The van der Waals surface area contributed by atoms with E-state index in [1.165, 1.54) is 25.9 Å². The van der Waals surface area contributed by atoms with Crippen LogP contribution in [0.4, 0.5) is 0 Å². The van der Waals surface area contributed by atoms with Crippen molar-refractivity contribution >= 4 is 0 Å². The molecule has 1 saturated heterocycles. The van der Waals surface area contributed by atoms with Crippen molar-refractivity contribution in [1.29, 1.82) is 0 Å². The van der Waals surface area contributed by atoms with Crippen molar-refractivity contribution < 1.29 is 0 Å². The van der Waals surface area contributed by atoms with E-state index in [1.807, 2.05) is 6.08 Å². The zero-order valence-electron chi connectivity index (χ0n) is 9.63. The van der Waals surface area contributed by atoms with Crippen LogP contribution in [0.3, 0.4) is 0 Å². The quantitative estimate of drug-likeness (QED) is 0.675. The standard InChI is InChI=1S/C12H24N2/c1-4-7-13-12-6-9-14(8-5-2)10-11(12)3/h5,11-13H,2,4,6-10H2,1,3H3. The van der Waals surface area contributed by atoms with Crippen LogP contribution in [0.2, 0.25) is 0 Å². The van der Waals surface area contributed by atoms with Gasteiger partial charge in [0, 0.05) is 19.1 Å². The first-order valence-corrected chi connectivity index (χ1v) is 5.84. The van der Waals surface area contributed by atoms with Crippen LogP contribution in [0.15, 0.2) is 12.7 Å². The number of piperidine rings is 1. The Labute approximate surface area is 88.4 Å². The van der Waals surface area contributed by atoms with Crippen molar-refractivity contribution in [3.05, 3.63) is 12.7 Å². The summed E-state index contributed by atoms with van der Waals surface area (Å²) in [5.74, 6) is 0.773. The molecule has 0 aromatic heterocycles. The third-order valence-corrected chi connectivity index (χ3v) is 3.03.